The van der Waals surface area contributed by atoms with Gasteiger partial charge < -0.3 is 10.6 Å². The number of para-hydroxylation sites is 1. The van der Waals surface area contributed by atoms with Crippen molar-refractivity contribution in [3.8, 4) is 5.69 Å². The number of rotatable bonds is 8. The highest BCUT2D eigenvalue weighted by molar-refractivity contribution is 6.05. The van der Waals surface area contributed by atoms with E-state index >= 15 is 0 Å². The van der Waals surface area contributed by atoms with Crippen LogP contribution >= 0.6 is 0 Å². The average Bonchev–Trinajstić information content (AvgIpc) is 3.23. The van der Waals surface area contributed by atoms with Gasteiger partial charge in [-0.1, -0.05) is 24.3 Å². The number of carbonyl (C=O) groups is 2. The predicted octanol–water partition coefficient (Wildman–Crippen LogP) is 4.93. The number of hydrogen-bond donors (Lipinski definition) is 2. The van der Waals surface area contributed by atoms with Gasteiger partial charge in [-0.15, -0.1) is 0 Å². The Morgan fingerprint density at radius 1 is 0.912 bits per heavy atom. The van der Waals surface area contributed by atoms with E-state index in [1.807, 2.05) is 48.1 Å². The van der Waals surface area contributed by atoms with Crippen molar-refractivity contribution in [3.05, 3.63) is 113 Å². The molecule has 3 aromatic carbocycles. The van der Waals surface area contributed by atoms with E-state index in [0.29, 0.717) is 23.4 Å². The van der Waals surface area contributed by atoms with Gasteiger partial charge in [0.1, 0.15) is 5.82 Å². The van der Waals surface area contributed by atoms with Crippen molar-refractivity contribution >= 4 is 17.5 Å². The number of halogens is 1. The molecule has 0 fully saturated rings. The summed E-state index contributed by atoms with van der Waals surface area (Å²) in [6.45, 7) is 2.50. The maximum absolute atomic E-state index is 13.1. The Morgan fingerprint density at radius 3 is 2.44 bits per heavy atom. The zero-order valence-corrected chi connectivity index (χ0v) is 18.8. The second-order valence-electron chi connectivity index (χ2n) is 7.92. The number of nitrogens with one attached hydrogen (secondary N) is 2. The van der Waals surface area contributed by atoms with Crippen molar-refractivity contribution in [2.45, 2.75) is 19.8 Å². The largest absolute Gasteiger partial charge is 0.352 e. The van der Waals surface area contributed by atoms with Gasteiger partial charge in [0.25, 0.3) is 11.8 Å². The standard InChI is InChI=1S/C27H25FN4O2/c1-19-22(18-32(31-19)25-10-3-2-4-11-25)8-6-16-29-26(33)21-7-5-9-24(17-21)30-27(34)20-12-14-23(28)15-13-20/h2-5,7,9-15,17-18H,6,8,16H2,1H3,(H,29,33)(H,30,34). The summed E-state index contributed by atoms with van der Waals surface area (Å²) in [5.74, 6) is -0.992. The number of amides is 2. The molecule has 1 heterocycles. The Hall–Kier alpha value is -4.26. The molecular formula is C27H25FN4O2. The third-order valence-corrected chi connectivity index (χ3v) is 5.42. The molecule has 4 aromatic rings. The number of benzene rings is 3. The van der Waals surface area contributed by atoms with Crippen LogP contribution < -0.4 is 10.6 Å². The number of carbonyl (C=O) groups excluding carboxylic acids is 2. The molecule has 0 bridgehead atoms. The van der Waals surface area contributed by atoms with Gasteiger partial charge in [-0.05, 0) is 79.9 Å². The van der Waals surface area contributed by atoms with Gasteiger partial charge in [0.15, 0.2) is 0 Å². The van der Waals surface area contributed by atoms with E-state index in [2.05, 4.69) is 15.7 Å². The number of nitrogens with zero attached hydrogens (tertiary/aromatic N) is 2. The van der Waals surface area contributed by atoms with E-state index in [0.717, 1.165) is 29.8 Å². The Kier molecular flexibility index (Phi) is 7.13. The summed E-state index contributed by atoms with van der Waals surface area (Å²) in [5, 5.41) is 10.2. The zero-order chi connectivity index (χ0) is 23.9. The molecule has 1 aromatic heterocycles. The van der Waals surface area contributed by atoms with Gasteiger partial charge in [0, 0.05) is 29.6 Å². The van der Waals surface area contributed by atoms with Gasteiger partial charge in [-0.25, -0.2) is 9.07 Å². The van der Waals surface area contributed by atoms with E-state index in [9.17, 15) is 14.0 Å². The lowest BCUT2D eigenvalue weighted by atomic mass is 10.1. The summed E-state index contributed by atoms with van der Waals surface area (Å²) in [7, 11) is 0. The lowest BCUT2D eigenvalue weighted by Gasteiger charge is -2.09. The Labute approximate surface area is 197 Å². The van der Waals surface area contributed by atoms with E-state index in [4.69, 9.17) is 0 Å². The van der Waals surface area contributed by atoms with Crippen LogP contribution in [0, 0.1) is 12.7 Å². The molecule has 0 aliphatic rings. The minimum absolute atomic E-state index is 0.213. The molecule has 172 valence electrons. The smallest absolute Gasteiger partial charge is 0.255 e. The minimum Gasteiger partial charge on any atom is -0.352 e. The molecule has 2 N–H and O–H groups in total. The molecule has 0 radical (unpaired) electrons. The highest BCUT2D eigenvalue weighted by Gasteiger charge is 2.10. The summed E-state index contributed by atoms with van der Waals surface area (Å²) in [4.78, 5) is 24.9. The Bertz CT molecular complexity index is 1280. The molecule has 0 saturated heterocycles. The fourth-order valence-corrected chi connectivity index (χ4v) is 3.58. The number of hydrogen-bond acceptors (Lipinski definition) is 3. The van der Waals surface area contributed by atoms with Crippen LogP contribution in [0.3, 0.4) is 0 Å². The highest BCUT2D eigenvalue weighted by Crippen LogP contribution is 2.15. The fraction of sp³-hybridized carbons (Fsp3) is 0.148. The topological polar surface area (TPSA) is 76.0 Å². The van der Waals surface area contributed by atoms with Crippen LogP contribution in [0.15, 0.2) is 85.1 Å². The van der Waals surface area contributed by atoms with Gasteiger partial charge in [0.05, 0.1) is 11.4 Å². The summed E-state index contributed by atoms with van der Waals surface area (Å²) in [6.07, 6.45) is 3.60. The molecule has 34 heavy (non-hydrogen) atoms. The first-order valence-corrected chi connectivity index (χ1v) is 11.1. The van der Waals surface area contributed by atoms with Crippen molar-refractivity contribution in [3.63, 3.8) is 0 Å². The quantitative estimate of drug-likeness (QED) is 0.369. The number of aryl methyl sites for hydroxylation is 2. The van der Waals surface area contributed by atoms with Crippen molar-refractivity contribution in [1.29, 1.82) is 0 Å². The normalized spacial score (nSPS) is 10.6. The molecule has 2 amide bonds. The number of anilines is 1. The average molecular weight is 457 g/mol. The first-order chi connectivity index (χ1) is 16.5. The molecule has 0 aliphatic heterocycles. The van der Waals surface area contributed by atoms with Crippen LogP contribution in [0.25, 0.3) is 5.69 Å². The van der Waals surface area contributed by atoms with Crippen molar-refractivity contribution in [2.24, 2.45) is 0 Å². The van der Waals surface area contributed by atoms with Crippen LogP contribution in [0.1, 0.15) is 38.4 Å². The van der Waals surface area contributed by atoms with Crippen molar-refractivity contribution in [2.75, 3.05) is 11.9 Å². The maximum atomic E-state index is 13.1. The lowest BCUT2D eigenvalue weighted by molar-refractivity contribution is 0.0951. The summed E-state index contributed by atoms with van der Waals surface area (Å²) in [6, 6.07) is 21.9. The first-order valence-electron chi connectivity index (χ1n) is 11.1. The van der Waals surface area contributed by atoms with Gasteiger partial charge in [-0.3, -0.25) is 9.59 Å². The second-order valence-corrected chi connectivity index (χ2v) is 7.92. The van der Waals surface area contributed by atoms with E-state index in [1.165, 1.54) is 24.3 Å². The molecule has 0 unspecified atom stereocenters. The molecule has 0 spiro atoms. The monoisotopic (exact) mass is 456 g/mol. The third kappa shape index (κ3) is 5.75. The molecule has 0 aliphatic carbocycles. The van der Waals surface area contributed by atoms with E-state index in [1.54, 1.807) is 24.3 Å². The fourth-order valence-electron chi connectivity index (χ4n) is 3.58. The predicted molar refractivity (Wildman–Crippen MR) is 130 cm³/mol. The first kappa shape index (κ1) is 22.9. The second kappa shape index (κ2) is 10.6. The highest BCUT2D eigenvalue weighted by atomic mass is 19.1. The molecular weight excluding hydrogens is 431 g/mol. The summed E-state index contributed by atoms with van der Waals surface area (Å²) < 4.78 is 14.9. The Balaban J connectivity index is 1.29. The van der Waals surface area contributed by atoms with Gasteiger partial charge in [0.2, 0.25) is 0 Å². The third-order valence-electron chi connectivity index (χ3n) is 5.42. The van der Waals surface area contributed by atoms with E-state index < -0.39 is 5.82 Å². The maximum Gasteiger partial charge on any atom is 0.255 e. The molecule has 6 nitrogen and oxygen atoms in total. The zero-order valence-electron chi connectivity index (χ0n) is 18.8. The van der Waals surface area contributed by atoms with Crippen LogP contribution in [0.2, 0.25) is 0 Å². The summed E-state index contributed by atoms with van der Waals surface area (Å²) in [5.41, 5.74) is 4.40. The van der Waals surface area contributed by atoms with Gasteiger partial charge in [-0.2, -0.15) is 5.10 Å². The summed E-state index contributed by atoms with van der Waals surface area (Å²) >= 11 is 0. The minimum atomic E-state index is -0.407. The van der Waals surface area contributed by atoms with Crippen LogP contribution in [0.5, 0.6) is 0 Å². The van der Waals surface area contributed by atoms with Crippen LogP contribution in [-0.2, 0) is 6.42 Å². The molecule has 0 atom stereocenters. The molecule has 0 saturated carbocycles. The lowest BCUT2D eigenvalue weighted by Crippen LogP contribution is -2.25. The molecule has 4 rings (SSSR count). The van der Waals surface area contributed by atoms with Crippen LogP contribution in [0.4, 0.5) is 10.1 Å². The number of aromatic nitrogens is 2. The molecule has 7 heteroatoms. The SMILES string of the molecule is Cc1nn(-c2ccccc2)cc1CCCNC(=O)c1cccc(NC(=O)c2ccc(F)cc2)c1. The van der Waals surface area contributed by atoms with Gasteiger partial charge >= 0.3 is 0 Å². The van der Waals surface area contributed by atoms with Crippen LogP contribution in [-0.4, -0.2) is 28.1 Å². The Morgan fingerprint density at radius 2 is 1.68 bits per heavy atom. The van der Waals surface area contributed by atoms with E-state index in [-0.39, 0.29) is 11.8 Å². The van der Waals surface area contributed by atoms with Crippen molar-refractivity contribution in [1.82, 2.24) is 15.1 Å². The van der Waals surface area contributed by atoms with Crippen molar-refractivity contribution < 1.29 is 14.0 Å².